The number of hydrogen-bond acceptors (Lipinski definition) is 4. The van der Waals surface area contributed by atoms with Crippen LogP contribution in [0.5, 0.6) is 0 Å². The Kier molecular flexibility index (Phi) is 3.71. The van der Waals surface area contributed by atoms with Crippen molar-refractivity contribution in [2.24, 2.45) is 0 Å². The van der Waals surface area contributed by atoms with E-state index < -0.39 is 5.54 Å². The lowest BCUT2D eigenvalue weighted by atomic mass is 9.97. The van der Waals surface area contributed by atoms with Crippen molar-refractivity contribution in [3.05, 3.63) is 27.9 Å². The third-order valence-electron chi connectivity index (χ3n) is 3.59. The minimum atomic E-state index is -0.555. The molecule has 0 bridgehead atoms. The fourth-order valence-corrected chi connectivity index (χ4v) is 2.64. The summed E-state index contributed by atoms with van der Waals surface area (Å²) in [6.07, 6.45) is 1.68. The highest BCUT2D eigenvalue weighted by atomic mass is 16.5. The molecule has 104 valence electrons. The molecule has 0 aliphatic carbocycles. The Morgan fingerprint density at radius 3 is 3.00 bits per heavy atom. The molecule has 1 aliphatic rings. The van der Waals surface area contributed by atoms with Crippen molar-refractivity contribution in [2.75, 3.05) is 20.3 Å². The van der Waals surface area contributed by atoms with Crippen LogP contribution >= 0.6 is 0 Å². The number of rotatable bonds is 3. The van der Waals surface area contributed by atoms with Gasteiger partial charge >= 0.3 is 0 Å². The van der Waals surface area contributed by atoms with E-state index in [-0.39, 0.29) is 18.1 Å². The topological polar surface area (TPSA) is 75.3 Å². The molecule has 0 unspecified atom stereocenters. The van der Waals surface area contributed by atoms with E-state index in [4.69, 9.17) is 4.74 Å². The zero-order chi connectivity index (χ0) is 14.0. The van der Waals surface area contributed by atoms with Crippen LogP contribution in [0, 0.1) is 6.92 Å². The zero-order valence-electron chi connectivity index (χ0n) is 11.5. The first-order valence-electron chi connectivity index (χ1n) is 6.35. The van der Waals surface area contributed by atoms with Crippen LogP contribution in [0.3, 0.4) is 0 Å². The second-order valence-electron chi connectivity index (χ2n) is 5.09. The van der Waals surface area contributed by atoms with Gasteiger partial charge in [-0.3, -0.25) is 9.59 Å². The standard InChI is InChI=1S/C13H19N3O3/c1-9-7-10(17)15-12(14-9)13(2)5-4-6-16(13)11(18)8-19-3/h7H,4-6,8H2,1-3H3,(H,14,15,17)/t13-/m1/s1. The number of nitrogens with zero attached hydrogens (tertiary/aromatic N) is 2. The van der Waals surface area contributed by atoms with Gasteiger partial charge in [-0.15, -0.1) is 0 Å². The van der Waals surface area contributed by atoms with Crippen molar-refractivity contribution in [3.63, 3.8) is 0 Å². The molecule has 0 aromatic carbocycles. The van der Waals surface area contributed by atoms with Crippen LogP contribution in [0.1, 0.15) is 31.3 Å². The average Bonchev–Trinajstić information content (AvgIpc) is 2.72. The monoisotopic (exact) mass is 265 g/mol. The predicted octanol–water partition coefficient (Wildman–Crippen LogP) is 0.562. The number of aryl methyl sites for hydroxylation is 1. The van der Waals surface area contributed by atoms with E-state index in [9.17, 15) is 9.59 Å². The van der Waals surface area contributed by atoms with Crippen LogP contribution in [0.2, 0.25) is 0 Å². The third-order valence-corrected chi connectivity index (χ3v) is 3.59. The summed E-state index contributed by atoms with van der Waals surface area (Å²) in [4.78, 5) is 32.6. The summed E-state index contributed by atoms with van der Waals surface area (Å²) in [5, 5.41) is 0. The molecule has 2 heterocycles. The summed E-state index contributed by atoms with van der Waals surface area (Å²) < 4.78 is 4.91. The van der Waals surface area contributed by atoms with Gasteiger partial charge in [0.25, 0.3) is 5.56 Å². The Morgan fingerprint density at radius 2 is 2.37 bits per heavy atom. The Balaban J connectivity index is 2.39. The molecule has 1 saturated heterocycles. The first-order valence-corrected chi connectivity index (χ1v) is 6.35. The van der Waals surface area contributed by atoms with Gasteiger partial charge in [0, 0.05) is 25.4 Å². The molecule has 2 rings (SSSR count). The molecule has 1 aromatic heterocycles. The Labute approximate surface area is 111 Å². The van der Waals surface area contributed by atoms with Gasteiger partial charge in [0.05, 0.1) is 5.54 Å². The van der Waals surface area contributed by atoms with Gasteiger partial charge < -0.3 is 14.6 Å². The van der Waals surface area contributed by atoms with Crippen LogP contribution in [0.25, 0.3) is 0 Å². The van der Waals surface area contributed by atoms with Crippen molar-refractivity contribution in [2.45, 2.75) is 32.2 Å². The fraction of sp³-hybridized carbons (Fsp3) is 0.615. The number of nitrogens with one attached hydrogen (secondary N) is 1. The molecule has 1 N–H and O–H groups in total. The molecule has 0 spiro atoms. The number of carbonyl (C=O) groups is 1. The number of aromatic amines is 1. The summed E-state index contributed by atoms with van der Waals surface area (Å²) in [5.74, 6) is 0.478. The normalized spacial score (nSPS) is 22.8. The summed E-state index contributed by atoms with van der Waals surface area (Å²) >= 11 is 0. The number of amides is 1. The fourth-order valence-electron chi connectivity index (χ4n) is 2.64. The highest BCUT2D eigenvalue weighted by Crippen LogP contribution is 2.36. The summed E-state index contributed by atoms with van der Waals surface area (Å²) in [6, 6.07) is 1.45. The number of methoxy groups -OCH3 is 1. The van der Waals surface area contributed by atoms with Gasteiger partial charge in [-0.2, -0.15) is 0 Å². The van der Waals surface area contributed by atoms with Gasteiger partial charge in [-0.1, -0.05) is 0 Å². The molecular weight excluding hydrogens is 246 g/mol. The van der Waals surface area contributed by atoms with E-state index in [0.29, 0.717) is 18.1 Å². The molecule has 19 heavy (non-hydrogen) atoms. The van der Waals surface area contributed by atoms with E-state index in [2.05, 4.69) is 9.97 Å². The summed E-state index contributed by atoms with van der Waals surface area (Å²) in [5.41, 5.74) is -0.0818. The number of aromatic nitrogens is 2. The quantitative estimate of drug-likeness (QED) is 0.866. The first-order chi connectivity index (χ1) is 8.97. The van der Waals surface area contributed by atoms with E-state index in [1.807, 2.05) is 6.92 Å². The summed E-state index contributed by atoms with van der Waals surface area (Å²) in [7, 11) is 1.50. The Hall–Kier alpha value is -1.69. The first kappa shape index (κ1) is 13.7. The second kappa shape index (κ2) is 5.13. The highest BCUT2D eigenvalue weighted by Gasteiger charge is 2.42. The van der Waals surface area contributed by atoms with Crippen LogP contribution in [0.4, 0.5) is 0 Å². The van der Waals surface area contributed by atoms with Crippen LogP contribution in [-0.4, -0.2) is 41.0 Å². The third kappa shape index (κ3) is 2.53. The minimum Gasteiger partial charge on any atom is -0.375 e. The molecular formula is C13H19N3O3. The zero-order valence-corrected chi connectivity index (χ0v) is 11.5. The maximum Gasteiger partial charge on any atom is 0.251 e. The van der Waals surface area contributed by atoms with Crippen LogP contribution < -0.4 is 5.56 Å². The molecule has 6 heteroatoms. The Bertz CT molecular complexity index is 540. The van der Waals surface area contributed by atoms with Crippen molar-refractivity contribution < 1.29 is 9.53 Å². The molecule has 1 atom stereocenters. The Morgan fingerprint density at radius 1 is 1.63 bits per heavy atom. The lowest BCUT2D eigenvalue weighted by Gasteiger charge is -2.34. The van der Waals surface area contributed by atoms with E-state index in [1.54, 1.807) is 11.8 Å². The highest BCUT2D eigenvalue weighted by molar-refractivity contribution is 5.78. The lowest BCUT2D eigenvalue weighted by molar-refractivity contribution is -0.139. The van der Waals surface area contributed by atoms with Gasteiger partial charge in [-0.05, 0) is 26.7 Å². The van der Waals surface area contributed by atoms with Crippen molar-refractivity contribution in [3.8, 4) is 0 Å². The maximum absolute atomic E-state index is 12.1. The number of carbonyl (C=O) groups excluding carboxylic acids is 1. The SMILES string of the molecule is COCC(=O)N1CCC[C@]1(C)c1nc(C)cc(=O)[nH]1. The largest absolute Gasteiger partial charge is 0.375 e. The van der Waals surface area contributed by atoms with Gasteiger partial charge in [0.2, 0.25) is 5.91 Å². The summed E-state index contributed by atoms with van der Waals surface area (Å²) in [6.45, 7) is 4.42. The van der Waals surface area contributed by atoms with E-state index in [0.717, 1.165) is 12.8 Å². The average molecular weight is 265 g/mol. The molecule has 6 nitrogen and oxygen atoms in total. The number of hydrogen-bond donors (Lipinski definition) is 1. The molecule has 0 saturated carbocycles. The minimum absolute atomic E-state index is 0.0473. The van der Waals surface area contributed by atoms with Gasteiger partial charge in [0.1, 0.15) is 12.4 Å². The number of likely N-dealkylation sites (tertiary alicyclic amines) is 1. The smallest absolute Gasteiger partial charge is 0.251 e. The second-order valence-corrected chi connectivity index (χ2v) is 5.09. The predicted molar refractivity (Wildman–Crippen MR) is 69.8 cm³/mol. The van der Waals surface area contributed by atoms with E-state index >= 15 is 0 Å². The maximum atomic E-state index is 12.1. The van der Waals surface area contributed by atoms with Gasteiger partial charge in [0.15, 0.2) is 0 Å². The van der Waals surface area contributed by atoms with Crippen molar-refractivity contribution in [1.82, 2.24) is 14.9 Å². The lowest BCUT2D eigenvalue weighted by Crippen LogP contribution is -2.46. The molecule has 1 amide bonds. The van der Waals surface area contributed by atoms with Crippen molar-refractivity contribution >= 4 is 5.91 Å². The molecule has 1 aromatic rings. The van der Waals surface area contributed by atoms with Gasteiger partial charge in [-0.25, -0.2) is 4.98 Å². The molecule has 1 fully saturated rings. The number of ether oxygens (including phenoxy) is 1. The molecule has 1 aliphatic heterocycles. The molecule has 0 radical (unpaired) electrons. The van der Waals surface area contributed by atoms with Crippen LogP contribution in [0.15, 0.2) is 10.9 Å². The number of H-pyrrole nitrogens is 1. The van der Waals surface area contributed by atoms with E-state index in [1.165, 1.54) is 13.2 Å². The van der Waals surface area contributed by atoms with Crippen LogP contribution in [-0.2, 0) is 15.1 Å². The van der Waals surface area contributed by atoms with Crippen molar-refractivity contribution in [1.29, 1.82) is 0 Å².